The molecule has 8 heteroatoms. The van der Waals surface area contributed by atoms with E-state index < -0.39 is 6.10 Å². The quantitative estimate of drug-likeness (QED) is 0.594. The molecule has 1 aromatic carbocycles. The number of anilines is 1. The van der Waals surface area contributed by atoms with Crippen molar-refractivity contribution in [1.82, 2.24) is 19.8 Å². The van der Waals surface area contributed by atoms with Crippen LogP contribution < -0.4 is 5.32 Å². The Balaban J connectivity index is 1.23. The third kappa shape index (κ3) is 6.36. The Labute approximate surface area is 195 Å². The molecule has 2 aliphatic heterocycles. The molecule has 3 heterocycles. The van der Waals surface area contributed by atoms with Crippen LogP contribution in [0, 0.1) is 0 Å². The van der Waals surface area contributed by atoms with Gasteiger partial charge in [-0.25, -0.2) is 9.97 Å². The highest BCUT2D eigenvalue weighted by atomic mass is 16.3. The highest BCUT2D eigenvalue weighted by Gasteiger charge is 2.22. The first kappa shape index (κ1) is 23.3. The number of benzene rings is 1. The van der Waals surface area contributed by atoms with Crippen LogP contribution in [0.2, 0.25) is 0 Å². The highest BCUT2D eigenvalue weighted by Crippen LogP contribution is 2.20. The molecule has 33 heavy (non-hydrogen) atoms. The normalized spacial score (nSPS) is 17.9. The molecule has 1 saturated heterocycles. The van der Waals surface area contributed by atoms with Gasteiger partial charge >= 0.3 is 0 Å². The summed E-state index contributed by atoms with van der Waals surface area (Å²) >= 11 is 0. The number of carbonyl (C=O) groups is 2. The van der Waals surface area contributed by atoms with Crippen LogP contribution in [0.3, 0.4) is 0 Å². The smallest absolute Gasteiger partial charge is 0.219 e. The molecule has 2 N–H and O–H groups in total. The van der Waals surface area contributed by atoms with Gasteiger partial charge in [-0.2, -0.15) is 0 Å². The van der Waals surface area contributed by atoms with Gasteiger partial charge in [-0.05, 0) is 36.8 Å². The van der Waals surface area contributed by atoms with Gasteiger partial charge in [0.05, 0.1) is 6.10 Å². The molecule has 2 aliphatic rings. The maximum atomic E-state index is 12.7. The van der Waals surface area contributed by atoms with E-state index in [9.17, 15) is 14.7 Å². The summed E-state index contributed by atoms with van der Waals surface area (Å²) in [7, 11) is 0. The summed E-state index contributed by atoms with van der Waals surface area (Å²) in [5.74, 6) is 0.646. The van der Waals surface area contributed by atoms with Crippen molar-refractivity contribution >= 4 is 17.5 Å². The van der Waals surface area contributed by atoms with Crippen LogP contribution in [0.25, 0.3) is 0 Å². The van der Waals surface area contributed by atoms with E-state index in [2.05, 4.69) is 44.5 Å². The molecule has 1 amide bonds. The zero-order valence-corrected chi connectivity index (χ0v) is 19.2. The van der Waals surface area contributed by atoms with Crippen LogP contribution >= 0.6 is 0 Å². The first-order valence-electron chi connectivity index (χ1n) is 11.8. The topological polar surface area (TPSA) is 98.7 Å². The van der Waals surface area contributed by atoms with Crippen molar-refractivity contribution in [3.8, 4) is 0 Å². The molecule has 0 saturated carbocycles. The molecule has 0 spiro atoms. The van der Waals surface area contributed by atoms with Gasteiger partial charge in [-0.15, -0.1) is 0 Å². The number of Topliss-reactive ketones (excluding diaryl/α,β-unsaturated/α-hetero) is 1. The Kier molecular flexibility index (Phi) is 7.67. The molecule has 1 aromatic heterocycles. The SMILES string of the molecule is CC(=O)N1CCC(Nc2cc(C(=O)CC[C@H](O)CN3CCc4ccccc4C3)ncn2)CC1. The number of hydrogen-bond acceptors (Lipinski definition) is 7. The van der Waals surface area contributed by atoms with Gasteiger partial charge in [-0.1, -0.05) is 24.3 Å². The number of fused-ring (bicyclic) bond motifs is 1. The number of ketones is 1. The van der Waals surface area contributed by atoms with Crippen LogP contribution in [0.15, 0.2) is 36.7 Å². The third-order valence-electron chi connectivity index (χ3n) is 6.63. The molecule has 176 valence electrons. The highest BCUT2D eigenvalue weighted by molar-refractivity contribution is 5.94. The second-order valence-corrected chi connectivity index (χ2v) is 9.08. The van der Waals surface area contributed by atoms with Gasteiger partial charge in [0.2, 0.25) is 5.91 Å². The van der Waals surface area contributed by atoms with Gasteiger partial charge in [0.1, 0.15) is 17.8 Å². The summed E-state index contributed by atoms with van der Waals surface area (Å²) in [6.45, 7) is 5.38. The molecule has 1 fully saturated rings. The number of aromatic nitrogens is 2. The average Bonchev–Trinajstić information content (AvgIpc) is 2.83. The number of β-amino-alcohol motifs (C(OH)–C–C–N with tert-alkyl or cyclic N) is 1. The van der Waals surface area contributed by atoms with Crippen LogP contribution in [-0.4, -0.2) is 74.9 Å². The number of hydrogen-bond donors (Lipinski definition) is 2. The fourth-order valence-electron chi connectivity index (χ4n) is 4.66. The summed E-state index contributed by atoms with van der Waals surface area (Å²) < 4.78 is 0. The van der Waals surface area contributed by atoms with E-state index in [1.165, 1.54) is 17.5 Å². The van der Waals surface area contributed by atoms with Gasteiger partial charge in [0.15, 0.2) is 5.78 Å². The van der Waals surface area contributed by atoms with E-state index in [0.717, 1.165) is 45.4 Å². The Morgan fingerprint density at radius 1 is 1.15 bits per heavy atom. The van der Waals surface area contributed by atoms with Crippen LogP contribution in [0.5, 0.6) is 0 Å². The zero-order chi connectivity index (χ0) is 23.2. The van der Waals surface area contributed by atoms with Crippen molar-refractivity contribution in [3.05, 3.63) is 53.5 Å². The van der Waals surface area contributed by atoms with Crippen molar-refractivity contribution in [1.29, 1.82) is 0 Å². The molecule has 8 nitrogen and oxygen atoms in total. The van der Waals surface area contributed by atoms with Crippen molar-refractivity contribution in [2.75, 3.05) is 31.5 Å². The number of amides is 1. The van der Waals surface area contributed by atoms with E-state index in [1.807, 2.05) is 4.90 Å². The number of nitrogens with one attached hydrogen (secondary N) is 1. The minimum Gasteiger partial charge on any atom is -0.392 e. The van der Waals surface area contributed by atoms with Crippen molar-refractivity contribution in [2.45, 2.75) is 57.7 Å². The molecule has 0 bridgehead atoms. The van der Waals surface area contributed by atoms with E-state index in [-0.39, 0.29) is 24.2 Å². The second-order valence-electron chi connectivity index (χ2n) is 9.08. The minimum absolute atomic E-state index is 0.0881. The summed E-state index contributed by atoms with van der Waals surface area (Å²) in [5.41, 5.74) is 3.07. The molecular weight excluding hydrogens is 418 g/mol. The molecule has 4 rings (SSSR count). The monoisotopic (exact) mass is 451 g/mol. The third-order valence-corrected chi connectivity index (χ3v) is 6.63. The predicted molar refractivity (Wildman–Crippen MR) is 126 cm³/mol. The lowest BCUT2D eigenvalue weighted by atomic mass is 9.99. The number of likely N-dealkylation sites (tertiary alicyclic amines) is 1. The molecule has 0 radical (unpaired) electrons. The maximum absolute atomic E-state index is 12.7. The zero-order valence-electron chi connectivity index (χ0n) is 19.2. The Morgan fingerprint density at radius 3 is 2.67 bits per heavy atom. The van der Waals surface area contributed by atoms with Crippen LogP contribution in [0.4, 0.5) is 5.82 Å². The number of piperidine rings is 1. The Bertz CT molecular complexity index is 974. The summed E-state index contributed by atoms with van der Waals surface area (Å²) in [4.78, 5) is 36.7. The summed E-state index contributed by atoms with van der Waals surface area (Å²) in [6, 6.07) is 10.3. The number of carbonyl (C=O) groups excluding carboxylic acids is 2. The largest absolute Gasteiger partial charge is 0.392 e. The maximum Gasteiger partial charge on any atom is 0.219 e. The fraction of sp³-hybridized carbons (Fsp3) is 0.520. The van der Waals surface area contributed by atoms with Crippen LogP contribution in [-0.2, 0) is 17.8 Å². The predicted octanol–water partition coefficient (Wildman–Crippen LogP) is 2.28. The van der Waals surface area contributed by atoms with Crippen molar-refractivity contribution in [3.63, 3.8) is 0 Å². The lowest BCUT2D eigenvalue weighted by molar-refractivity contribution is -0.129. The molecular formula is C25H33N5O3. The lowest BCUT2D eigenvalue weighted by Gasteiger charge is -2.31. The van der Waals surface area contributed by atoms with Gasteiger partial charge in [0.25, 0.3) is 0 Å². The second kappa shape index (κ2) is 10.9. The molecule has 0 aliphatic carbocycles. The van der Waals surface area contributed by atoms with Gasteiger partial charge in [0, 0.05) is 58.2 Å². The molecule has 2 aromatic rings. The number of nitrogens with zero attached hydrogens (tertiary/aromatic N) is 4. The van der Waals surface area contributed by atoms with E-state index in [1.54, 1.807) is 13.0 Å². The van der Waals surface area contributed by atoms with Crippen molar-refractivity contribution in [2.24, 2.45) is 0 Å². The fourth-order valence-corrected chi connectivity index (χ4v) is 4.66. The molecule has 0 unspecified atom stereocenters. The minimum atomic E-state index is -0.551. The van der Waals surface area contributed by atoms with Gasteiger partial charge in [-0.3, -0.25) is 14.5 Å². The summed E-state index contributed by atoms with van der Waals surface area (Å²) in [6.07, 6.45) is 4.20. The number of rotatable bonds is 8. The van der Waals surface area contributed by atoms with E-state index >= 15 is 0 Å². The van der Waals surface area contributed by atoms with E-state index in [4.69, 9.17) is 0 Å². The number of aliphatic hydroxyl groups excluding tert-OH is 1. The first-order valence-corrected chi connectivity index (χ1v) is 11.8. The Hall–Kier alpha value is -2.84. The summed E-state index contributed by atoms with van der Waals surface area (Å²) in [5, 5.41) is 13.9. The van der Waals surface area contributed by atoms with Crippen molar-refractivity contribution < 1.29 is 14.7 Å². The average molecular weight is 452 g/mol. The van der Waals surface area contributed by atoms with Crippen LogP contribution in [0.1, 0.15) is 54.2 Å². The molecule has 1 atom stereocenters. The lowest BCUT2D eigenvalue weighted by Crippen LogP contribution is -2.41. The standard InChI is InChI=1S/C25H33N5O3/c1-18(31)30-12-9-21(10-13-30)28-25-14-23(26-17-27-25)24(33)7-6-22(32)16-29-11-8-19-4-2-3-5-20(19)15-29/h2-5,14,17,21-22,32H,6-13,15-16H2,1H3,(H,26,27,28)/t22-/m0/s1. The Morgan fingerprint density at radius 2 is 1.91 bits per heavy atom. The van der Waals surface area contributed by atoms with E-state index in [0.29, 0.717) is 24.5 Å². The van der Waals surface area contributed by atoms with Gasteiger partial charge < -0.3 is 15.3 Å². The number of aliphatic hydroxyl groups is 1. The first-order chi connectivity index (χ1) is 16.0.